The van der Waals surface area contributed by atoms with Crippen molar-refractivity contribution in [2.45, 2.75) is 32.3 Å². The summed E-state index contributed by atoms with van der Waals surface area (Å²) < 4.78 is 5.35. The fourth-order valence-electron chi connectivity index (χ4n) is 2.65. The van der Waals surface area contributed by atoms with Crippen molar-refractivity contribution in [2.24, 2.45) is 5.92 Å². The van der Waals surface area contributed by atoms with Crippen LogP contribution in [0.5, 0.6) is 5.75 Å². The summed E-state index contributed by atoms with van der Waals surface area (Å²) in [6.45, 7) is 3.97. The molecule has 0 saturated heterocycles. The van der Waals surface area contributed by atoms with Crippen LogP contribution in [0.4, 0.5) is 0 Å². The number of carbonyl (C=O) groups excluding carboxylic acids is 1. The number of rotatable bonds is 8. The number of hydrogen-bond donors (Lipinski definition) is 2. The van der Waals surface area contributed by atoms with Crippen molar-refractivity contribution in [1.29, 1.82) is 0 Å². The van der Waals surface area contributed by atoms with Crippen LogP contribution in [-0.4, -0.2) is 24.7 Å². The lowest BCUT2D eigenvalue weighted by Crippen LogP contribution is -2.38. The van der Waals surface area contributed by atoms with E-state index in [-0.39, 0.29) is 18.4 Å². The Morgan fingerprint density at radius 1 is 1.38 bits per heavy atom. The first-order valence-corrected chi connectivity index (χ1v) is 9.00. The van der Waals surface area contributed by atoms with E-state index in [1.165, 1.54) is 11.3 Å². The lowest BCUT2D eigenvalue weighted by Gasteiger charge is -2.23. The minimum atomic E-state index is -1.04. The molecule has 2 unspecified atom stereocenters. The van der Waals surface area contributed by atoms with Gasteiger partial charge in [0.2, 0.25) is 5.91 Å². The average molecular weight is 347 g/mol. The number of para-hydroxylation sites is 1. The van der Waals surface area contributed by atoms with Crippen LogP contribution in [0.2, 0.25) is 0 Å². The standard InChI is InChI=1S/C19H25NO3S/c1-14(10-15-6-4-5-7-17(15)23-3)11-18(21)20-13-19(2,22)16-8-9-24-12-16/h4-9,12,14,22H,10-11,13H2,1-3H3,(H,20,21). The highest BCUT2D eigenvalue weighted by atomic mass is 32.1. The molecule has 2 N–H and O–H groups in total. The Balaban J connectivity index is 1.83. The van der Waals surface area contributed by atoms with Gasteiger partial charge in [0.15, 0.2) is 0 Å². The van der Waals surface area contributed by atoms with E-state index >= 15 is 0 Å². The van der Waals surface area contributed by atoms with Crippen LogP contribution < -0.4 is 10.1 Å². The Kier molecular flexibility index (Phi) is 6.40. The summed E-state index contributed by atoms with van der Waals surface area (Å²) in [4.78, 5) is 12.2. The number of carbonyl (C=O) groups is 1. The lowest BCUT2D eigenvalue weighted by molar-refractivity contribution is -0.123. The number of methoxy groups -OCH3 is 1. The molecular formula is C19H25NO3S. The van der Waals surface area contributed by atoms with Crippen LogP contribution in [0.3, 0.4) is 0 Å². The summed E-state index contributed by atoms with van der Waals surface area (Å²) >= 11 is 1.53. The number of amides is 1. The molecule has 1 aromatic heterocycles. The van der Waals surface area contributed by atoms with Crippen LogP contribution in [0, 0.1) is 5.92 Å². The van der Waals surface area contributed by atoms with E-state index in [0.717, 1.165) is 23.3 Å². The molecule has 2 rings (SSSR count). The zero-order valence-corrected chi connectivity index (χ0v) is 15.2. The van der Waals surface area contributed by atoms with Crippen molar-refractivity contribution in [2.75, 3.05) is 13.7 Å². The second-order valence-corrected chi connectivity index (χ2v) is 7.17. The van der Waals surface area contributed by atoms with E-state index in [9.17, 15) is 9.90 Å². The highest BCUT2D eigenvalue weighted by molar-refractivity contribution is 7.08. The van der Waals surface area contributed by atoms with Gasteiger partial charge in [-0.1, -0.05) is 25.1 Å². The van der Waals surface area contributed by atoms with E-state index < -0.39 is 5.60 Å². The fraction of sp³-hybridized carbons (Fsp3) is 0.421. The molecule has 0 saturated carbocycles. The molecule has 1 aromatic carbocycles. The van der Waals surface area contributed by atoms with Gasteiger partial charge in [0.1, 0.15) is 11.4 Å². The number of nitrogens with one attached hydrogen (secondary N) is 1. The predicted molar refractivity (Wildman–Crippen MR) is 97.4 cm³/mol. The van der Waals surface area contributed by atoms with Gasteiger partial charge in [-0.15, -0.1) is 0 Å². The van der Waals surface area contributed by atoms with Crippen LogP contribution in [0.25, 0.3) is 0 Å². The minimum Gasteiger partial charge on any atom is -0.496 e. The van der Waals surface area contributed by atoms with Crippen molar-refractivity contribution in [3.63, 3.8) is 0 Å². The largest absolute Gasteiger partial charge is 0.496 e. The van der Waals surface area contributed by atoms with E-state index in [0.29, 0.717) is 6.42 Å². The Labute approximate surface area is 147 Å². The molecule has 4 nitrogen and oxygen atoms in total. The molecule has 0 fully saturated rings. The van der Waals surface area contributed by atoms with Gasteiger partial charge < -0.3 is 15.2 Å². The van der Waals surface area contributed by atoms with E-state index in [4.69, 9.17) is 4.74 Å². The van der Waals surface area contributed by atoms with Crippen LogP contribution in [0.1, 0.15) is 31.4 Å². The van der Waals surface area contributed by atoms with Gasteiger partial charge in [-0.3, -0.25) is 4.79 Å². The summed E-state index contributed by atoms with van der Waals surface area (Å²) in [6, 6.07) is 9.74. The van der Waals surface area contributed by atoms with Crippen LogP contribution in [0.15, 0.2) is 41.1 Å². The first-order chi connectivity index (χ1) is 11.4. The van der Waals surface area contributed by atoms with Gasteiger partial charge in [0.25, 0.3) is 0 Å². The van der Waals surface area contributed by atoms with E-state index in [1.807, 2.05) is 48.0 Å². The highest BCUT2D eigenvalue weighted by Gasteiger charge is 2.24. The van der Waals surface area contributed by atoms with Crippen molar-refractivity contribution >= 4 is 17.2 Å². The van der Waals surface area contributed by atoms with Gasteiger partial charge >= 0.3 is 0 Å². The molecule has 24 heavy (non-hydrogen) atoms. The maximum atomic E-state index is 12.2. The van der Waals surface area contributed by atoms with Crippen LogP contribution in [-0.2, 0) is 16.8 Å². The third kappa shape index (κ3) is 5.08. The summed E-state index contributed by atoms with van der Waals surface area (Å²) in [5.74, 6) is 0.991. The van der Waals surface area contributed by atoms with Crippen molar-refractivity contribution in [3.05, 3.63) is 52.2 Å². The first-order valence-electron chi connectivity index (χ1n) is 8.06. The molecule has 5 heteroatoms. The van der Waals surface area contributed by atoms with Gasteiger partial charge in [-0.2, -0.15) is 11.3 Å². The average Bonchev–Trinajstić information content (AvgIpc) is 3.09. The zero-order chi connectivity index (χ0) is 17.6. The Bertz CT molecular complexity index is 652. The van der Waals surface area contributed by atoms with Crippen LogP contribution >= 0.6 is 11.3 Å². The lowest BCUT2D eigenvalue weighted by atomic mass is 9.96. The molecule has 1 heterocycles. The molecule has 2 atom stereocenters. The Morgan fingerprint density at radius 3 is 2.79 bits per heavy atom. The second-order valence-electron chi connectivity index (χ2n) is 6.39. The van der Waals surface area contributed by atoms with Gasteiger partial charge in [-0.05, 0) is 53.3 Å². The molecule has 1 amide bonds. The molecule has 0 aliphatic heterocycles. The molecule has 130 valence electrons. The van der Waals surface area contributed by atoms with Crippen molar-refractivity contribution in [1.82, 2.24) is 5.32 Å². The summed E-state index contributed by atoms with van der Waals surface area (Å²) in [6.07, 6.45) is 1.19. The quantitative estimate of drug-likeness (QED) is 0.770. The van der Waals surface area contributed by atoms with Crippen molar-refractivity contribution in [3.8, 4) is 5.75 Å². The number of ether oxygens (including phenoxy) is 1. The Hall–Kier alpha value is -1.85. The summed E-state index contributed by atoms with van der Waals surface area (Å²) in [5.41, 5.74) is 0.891. The monoisotopic (exact) mass is 347 g/mol. The molecular weight excluding hydrogens is 322 g/mol. The number of aliphatic hydroxyl groups is 1. The predicted octanol–water partition coefficient (Wildman–Crippen LogP) is 3.35. The number of hydrogen-bond acceptors (Lipinski definition) is 4. The number of thiophene rings is 1. The molecule has 0 aliphatic carbocycles. The molecule has 2 aromatic rings. The molecule has 0 bridgehead atoms. The van der Waals surface area contributed by atoms with Gasteiger partial charge in [-0.25, -0.2) is 0 Å². The van der Waals surface area contributed by atoms with E-state index in [2.05, 4.69) is 5.32 Å². The number of benzene rings is 1. The highest BCUT2D eigenvalue weighted by Crippen LogP contribution is 2.23. The normalized spacial score (nSPS) is 14.7. The maximum Gasteiger partial charge on any atom is 0.220 e. The zero-order valence-electron chi connectivity index (χ0n) is 14.4. The molecule has 0 spiro atoms. The van der Waals surface area contributed by atoms with Gasteiger partial charge in [0, 0.05) is 6.42 Å². The summed E-state index contributed by atoms with van der Waals surface area (Å²) in [7, 11) is 1.66. The minimum absolute atomic E-state index is 0.0482. The topological polar surface area (TPSA) is 58.6 Å². The third-order valence-corrected chi connectivity index (χ3v) is 4.75. The van der Waals surface area contributed by atoms with Crippen molar-refractivity contribution < 1.29 is 14.6 Å². The van der Waals surface area contributed by atoms with Gasteiger partial charge in [0.05, 0.1) is 13.7 Å². The maximum absolute atomic E-state index is 12.2. The smallest absolute Gasteiger partial charge is 0.220 e. The second kappa shape index (κ2) is 8.31. The Morgan fingerprint density at radius 2 is 2.12 bits per heavy atom. The molecule has 0 aliphatic rings. The first kappa shape index (κ1) is 18.5. The summed E-state index contributed by atoms with van der Waals surface area (Å²) in [5, 5.41) is 17.1. The van der Waals surface area contributed by atoms with E-state index in [1.54, 1.807) is 14.0 Å². The molecule has 0 radical (unpaired) electrons. The fourth-order valence-corrected chi connectivity index (χ4v) is 3.43. The third-order valence-electron chi connectivity index (χ3n) is 4.07. The SMILES string of the molecule is COc1ccccc1CC(C)CC(=O)NCC(C)(O)c1ccsc1.